The summed E-state index contributed by atoms with van der Waals surface area (Å²) >= 11 is 1.79. The Labute approximate surface area is 122 Å². The van der Waals surface area contributed by atoms with E-state index in [1.807, 2.05) is 4.68 Å². The Morgan fingerprint density at radius 3 is 2.70 bits per heavy atom. The predicted octanol–water partition coefficient (Wildman–Crippen LogP) is 3.31. The van der Waals surface area contributed by atoms with E-state index in [0.29, 0.717) is 0 Å². The molecule has 0 aliphatic rings. The molecular formula is C15H16N4S. The van der Waals surface area contributed by atoms with Crippen LogP contribution < -0.4 is 5.32 Å². The van der Waals surface area contributed by atoms with Gasteiger partial charge in [-0.2, -0.15) is 5.10 Å². The highest BCUT2D eigenvalue weighted by Crippen LogP contribution is 2.18. The van der Waals surface area contributed by atoms with Crippen LogP contribution in [-0.2, 0) is 13.1 Å². The molecule has 0 fully saturated rings. The van der Waals surface area contributed by atoms with Crippen molar-refractivity contribution in [3.63, 3.8) is 0 Å². The average molecular weight is 284 g/mol. The van der Waals surface area contributed by atoms with Gasteiger partial charge in [-0.1, -0.05) is 12.1 Å². The quantitative estimate of drug-likeness (QED) is 0.781. The number of hydrogen-bond acceptors (Lipinski definition) is 4. The molecule has 0 aliphatic carbocycles. The fraction of sp³-hybridized carbons (Fsp3) is 0.200. The molecule has 1 aromatic carbocycles. The number of nitrogens with zero attached hydrogens (tertiary/aromatic N) is 3. The highest BCUT2D eigenvalue weighted by molar-refractivity contribution is 7.10. The fourth-order valence-corrected chi connectivity index (χ4v) is 2.84. The molecule has 2 aromatic heterocycles. The lowest BCUT2D eigenvalue weighted by molar-refractivity contribution is 0.685. The summed E-state index contributed by atoms with van der Waals surface area (Å²) in [4.78, 5) is 5.33. The third-order valence-corrected chi connectivity index (χ3v) is 4.21. The van der Waals surface area contributed by atoms with Gasteiger partial charge in [-0.3, -0.25) is 0 Å². The number of benzene rings is 1. The molecule has 3 aromatic rings. The third-order valence-electron chi connectivity index (χ3n) is 3.19. The molecule has 0 atom stereocenters. The standard InChI is InChI=1S/C15H16N4S/c1-12-6-7-20-15(12)8-17-14-4-2-13(3-5-14)9-19-11-16-10-18-19/h2-7,10-11,17H,8-9H2,1H3. The Morgan fingerprint density at radius 1 is 1.20 bits per heavy atom. The number of anilines is 1. The molecule has 0 saturated heterocycles. The minimum atomic E-state index is 0.754. The molecule has 5 heteroatoms. The first kappa shape index (κ1) is 12.9. The maximum Gasteiger partial charge on any atom is 0.137 e. The van der Waals surface area contributed by atoms with E-state index >= 15 is 0 Å². The molecule has 0 radical (unpaired) electrons. The molecule has 0 amide bonds. The molecular weight excluding hydrogens is 268 g/mol. The van der Waals surface area contributed by atoms with Gasteiger partial charge in [-0.25, -0.2) is 9.67 Å². The Kier molecular flexibility index (Phi) is 3.78. The van der Waals surface area contributed by atoms with Crippen molar-refractivity contribution in [3.05, 3.63) is 64.4 Å². The van der Waals surface area contributed by atoms with Crippen molar-refractivity contribution in [2.24, 2.45) is 0 Å². The van der Waals surface area contributed by atoms with Gasteiger partial charge in [0, 0.05) is 17.1 Å². The molecule has 4 nitrogen and oxygen atoms in total. The van der Waals surface area contributed by atoms with E-state index in [1.54, 1.807) is 24.0 Å². The van der Waals surface area contributed by atoms with Crippen molar-refractivity contribution in [3.8, 4) is 0 Å². The Balaban J connectivity index is 1.60. The smallest absolute Gasteiger partial charge is 0.137 e. The summed E-state index contributed by atoms with van der Waals surface area (Å²) in [7, 11) is 0. The van der Waals surface area contributed by atoms with E-state index in [0.717, 1.165) is 18.8 Å². The zero-order valence-corrected chi connectivity index (χ0v) is 12.1. The minimum Gasteiger partial charge on any atom is -0.380 e. The van der Waals surface area contributed by atoms with Gasteiger partial charge in [0.15, 0.2) is 0 Å². The van der Waals surface area contributed by atoms with Crippen molar-refractivity contribution in [1.29, 1.82) is 0 Å². The normalized spacial score (nSPS) is 10.7. The largest absolute Gasteiger partial charge is 0.380 e. The molecule has 0 aliphatic heterocycles. The van der Waals surface area contributed by atoms with E-state index in [2.05, 4.69) is 58.0 Å². The van der Waals surface area contributed by atoms with Gasteiger partial charge in [-0.05, 0) is 41.6 Å². The highest BCUT2D eigenvalue weighted by Gasteiger charge is 2.00. The van der Waals surface area contributed by atoms with Crippen LogP contribution in [-0.4, -0.2) is 14.8 Å². The lowest BCUT2D eigenvalue weighted by Gasteiger charge is -2.07. The molecule has 0 unspecified atom stereocenters. The van der Waals surface area contributed by atoms with Crippen LogP contribution in [0.4, 0.5) is 5.69 Å². The van der Waals surface area contributed by atoms with E-state index in [-0.39, 0.29) is 0 Å². The topological polar surface area (TPSA) is 42.7 Å². The first-order valence-corrected chi connectivity index (χ1v) is 7.37. The van der Waals surface area contributed by atoms with Gasteiger partial charge in [0.2, 0.25) is 0 Å². The van der Waals surface area contributed by atoms with Gasteiger partial charge in [-0.15, -0.1) is 11.3 Å². The van der Waals surface area contributed by atoms with Gasteiger partial charge in [0.1, 0.15) is 12.7 Å². The van der Waals surface area contributed by atoms with Crippen molar-refractivity contribution < 1.29 is 0 Å². The second-order valence-electron chi connectivity index (χ2n) is 4.67. The lowest BCUT2D eigenvalue weighted by atomic mass is 10.2. The molecule has 102 valence electrons. The van der Waals surface area contributed by atoms with E-state index in [9.17, 15) is 0 Å². The SMILES string of the molecule is Cc1ccsc1CNc1ccc(Cn2cncn2)cc1. The molecule has 0 saturated carbocycles. The molecule has 20 heavy (non-hydrogen) atoms. The summed E-state index contributed by atoms with van der Waals surface area (Å²) in [5, 5.41) is 9.69. The fourth-order valence-electron chi connectivity index (χ4n) is 2.00. The number of thiophene rings is 1. The van der Waals surface area contributed by atoms with Crippen LogP contribution >= 0.6 is 11.3 Å². The molecule has 0 spiro atoms. The summed E-state index contributed by atoms with van der Waals surface area (Å²) in [5.41, 5.74) is 3.71. The third kappa shape index (κ3) is 3.05. The zero-order chi connectivity index (χ0) is 13.8. The van der Waals surface area contributed by atoms with E-state index in [4.69, 9.17) is 0 Å². The molecule has 0 bridgehead atoms. The van der Waals surface area contributed by atoms with E-state index in [1.165, 1.54) is 16.0 Å². The van der Waals surface area contributed by atoms with Crippen LogP contribution in [0.15, 0.2) is 48.4 Å². The number of aromatic nitrogens is 3. The predicted molar refractivity (Wildman–Crippen MR) is 81.9 cm³/mol. The first-order valence-electron chi connectivity index (χ1n) is 6.49. The number of aryl methyl sites for hydroxylation is 1. The zero-order valence-electron chi connectivity index (χ0n) is 11.3. The Bertz CT molecular complexity index is 656. The van der Waals surface area contributed by atoms with E-state index < -0.39 is 0 Å². The van der Waals surface area contributed by atoms with Crippen LogP contribution in [0.1, 0.15) is 16.0 Å². The van der Waals surface area contributed by atoms with Crippen LogP contribution in [0.2, 0.25) is 0 Å². The molecule has 3 rings (SSSR count). The summed E-state index contributed by atoms with van der Waals surface area (Å²) in [6.07, 6.45) is 3.28. The van der Waals surface area contributed by atoms with Crippen LogP contribution in [0, 0.1) is 6.92 Å². The van der Waals surface area contributed by atoms with Crippen molar-refractivity contribution >= 4 is 17.0 Å². The second-order valence-corrected chi connectivity index (χ2v) is 5.67. The van der Waals surface area contributed by atoms with Crippen molar-refractivity contribution in [2.45, 2.75) is 20.0 Å². The van der Waals surface area contributed by atoms with Gasteiger partial charge >= 0.3 is 0 Å². The van der Waals surface area contributed by atoms with Crippen LogP contribution in [0.25, 0.3) is 0 Å². The Hall–Kier alpha value is -2.14. The first-order chi connectivity index (χ1) is 9.81. The second kappa shape index (κ2) is 5.88. The number of hydrogen-bond donors (Lipinski definition) is 1. The van der Waals surface area contributed by atoms with Crippen LogP contribution in [0.5, 0.6) is 0 Å². The maximum atomic E-state index is 4.11. The minimum absolute atomic E-state index is 0.754. The number of rotatable bonds is 5. The lowest BCUT2D eigenvalue weighted by Crippen LogP contribution is -2.01. The molecule has 1 N–H and O–H groups in total. The van der Waals surface area contributed by atoms with Gasteiger partial charge < -0.3 is 5.32 Å². The highest BCUT2D eigenvalue weighted by atomic mass is 32.1. The van der Waals surface area contributed by atoms with Crippen molar-refractivity contribution in [1.82, 2.24) is 14.8 Å². The summed E-state index contributed by atoms with van der Waals surface area (Å²) in [5.74, 6) is 0. The monoisotopic (exact) mass is 284 g/mol. The summed E-state index contributed by atoms with van der Waals surface area (Å²) in [6.45, 7) is 3.78. The summed E-state index contributed by atoms with van der Waals surface area (Å²) in [6, 6.07) is 10.6. The maximum absolute atomic E-state index is 4.11. The molecule has 2 heterocycles. The number of nitrogens with one attached hydrogen (secondary N) is 1. The van der Waals surface area contributed by atoms with Crippen LogP contribution in [0.3, 0.4) is 0 Å². The van der Waals surface area contributed by atoms with Gasteiger partial charge in [0.05, 0.1) is 6.54 Å². The summed E-state index contributed by atoms with van der Waals surface area (Å²) < 4.78 is 1.82. The van der Waals surface area contributed by atoms with Crippen molar-refractivity contribution in [2.75, 3.05) is 5.32 Å². The average Bonchev–Trinajstić information content (AvgIpc) is 3.10. The Morgan fingerprint density at radius 2 is 2.05 bits per heavy atom. The van der Waals surface area contributed by atoms with Gasteiger partial charge in [0.25, 0.3) is 0 Å².